The zero-order chi connectivity index (χ0) is 26.9. The summed E-state index contributed by atoms with van der Waals surface area (Å²) >= 11 is 0. The quantitative estimate of drug-likeness (QED) is 0.131. The fourth-order valence-corrected chi connectivity index (χ4v) is 2.67. The number of aliphatic hydroxyl groups is 3. The summed E-state index contributed by atoms with van der Waals surface area (Å²) in [5.74, 6) is 0.519. The molecule has 0 aliphatic carbocycles. The summed E-state index contributed by atoms with van der Waals surface area (Å²) in [4.78, 5) is 28.1. The molecule has 0 atom stereocenters. The first-order valence-corrected chi connectivity index (χ1v) is 11.1. The molecule has 0 heterocycles. The van der Waals surface area contributed by atoms with Crippen LogP contribution in [0.5, 0.6) is 0 Å². The predicted octanol–water partition coefficient (Wildman–Crippen LogP) is 5.95. The molecule has 0 bridgehead atoms. The monoisotopic (exact) mass is 648 g/mol. The first kappa shape index (κ1) is 36.8. The van der Waals surface area contributed by atoms with Gasteiger partial charge in [0.05, 0.1) is 52.2 Å². The van der Waals surface area contributed by atoms with E-state index in [9.17, 15) is 14.4 Å². The van der Waals surface area contributed by atoms with Crippen LogP contribution in [0.1, 0.15) is 37.5 Å². The summed E-state index contributed by atoms with van der Waals surface area (Å²) in [6.45, 7) is 4.54. The van der Waals surface area contributed by atoms with Crippen LogP contribution in [0.4, 0.5) is 0 Å². The van der Waals surface area contributed by atoms with Crippen molar-refractivity contribution in [3.8, 4) is 0 Å². The van der Waals surface area contributed by atoms with Crippen molar-refractivity contribution in [2.75, 3.05) is 0 Å². The van der Waals surface area contributed by atoms with Gasteiger partial charge in [0.25, 0.3) is 0 Å². The Morgan fingerprint density at radius 3 is 0.816 bits per heavy atom. The largest absolute Gasteiger partial charge is 3.00 e. The molecule has 3 rings (SSSR count). The van der Waals surface area contributed by atoms with Crippen molar-refractivity contribution in [3.05, 3.63) is 143 Å². The average Bonchev–Trinajstić information content (AvgIpc) is 2.85. The molecule has 3 aromatic carbocycles. The summed E-state index contributed by atoms with van der Waals surface area (Å²) in [5.41, 5.74) is 2.10. The topological polar surface area (TPSA) is 155 Å². The van der Waals surface area contributed by atoms with Crippen molar-refractivity contribution < 1.29 is 76.0 Å². The molecule has 1 radical (unpaired) electrons. The van der Waals surface area contributed by atoms with E-state index in [-0.39, 0.29) is 80.9 Å². The van der Waals surface area contributed by atoms with Gasteiger partial charge >= 0.3 is 58.2 Å². The van der Waals surface area contributed by atoms with E-state index in [1.165, 1.54) is 39.0 Å². The molecular weight excluding hydrogens is 617 g/mol. The number of carbonyl (C=O) groups excluding carboxylic acids is 3. The van der Waals surface area contributed by atoms with Crippen molar-refractivity contribution in [1.29, 1.82) is 0 Å². The Bertz CT molecular complexity index is 1050. The Balaban J connectivity index is 0. The number of aliphatic hydroxyl groups excluding tert-OH is 3. The number of rotatable bonds is 6. The van der Waals surface area contributed by atoms with Crippen LogP contribution in [0.3, 0.4) is 0 Å². The van der Waals surface area contributed by atoms with E-state index in [4.69, 9.17) is 15.3 Å². The second-order valence-corrected chi connectivity index (χ2v) is 7.61. The van der Waals surface area contributed by atoms with Crippen LogP contribution in [0.25, 0.3) is 0 Å². The van der Waals surface area contributed by atoms with Gasteiger partial charge in [-0.25, -0.2) is 0 Å². The SMILES string of the molecule is C/C(O)=C/C(=[OH+])c1ccccc1.C/C(O)=C/C(=[OH+])c1ccccc1.C/C(O)=C/C(=[OH+])c1ccccc1.[Nd+3].[OH-]. The Kier molecular flexibility index (Phi) is 20.0. The van der Waals surface area contributed by atoms with Gasteiger partial charge in [-0.1, -0.05) is 54.6 Å². The molecule has 3 aromatic rings. The summed E-state index contributed by atoms with van der Waals surface area (Å²) in [5, 5.41) is 26.6. The third-order valence-corrected chi connectivity index (χ3v) is 4.25. The van der Waals surface area contributed by atoms with Crippen molar-refractivity contribution in [2.24, 2.45) is 0 Å². The Morgan fingerprint density at radius 1 is 0.474 bits per heavy atom. The minimum Gasteiger partial charge on any atom is -0.870 e. The first-order valence-electron chi connectivity index (χ1n) is 11.1. The van der Waals surface area contributed by atoms with E-state index in [1.54, 1.807) is 36.4 Å². The maximum atomic E-state index is 9.37. The number of hydrogen-bond donors (Lipinski definition) is 3. The number of hydrogen-bond acceptors (Lipinski definition) is 4. The standard InChI is InChI=1S/3C10H10O2.Nd.H2O/c3*1-8(11)7-10(12)9-5-3-2-4-6-9;;/h3*2-7,11H,1H3;;1H2/q;;;+3;/p+2/b3*8-7-;;. The second-order valence-electron chi connectivity index (χ2n) is 7.61. The molecule has 8 heteroatoms. The zero-order valence-corrected chi connectivity index (χ0v) is 24.7. The van der Waals surface area contributed by atoms with Crippen LogP contribution in [0.15, 0.2) is 127 Å². The molecule has 0 aromatic heterocycles. The van der Waals surface area contributed by atoms with Crippen molar-refractivity contribution >= 4 is 17.3 Å². The van der Waals surface area contributed by atoms with Crippen LogP contribution in [-0.4, -0.2) is 52.5 Å². The van der Waals surface area contributed by atoms with Gasteiger partial charge in [-0.15, -0.1) is 0 Å². The summed E-state index contributed by atoms with van der Waals surface area (Å²) < 4.78 is 0. The Labute approximate surface area is 255 Å². The molecule has 0 fully saturated rings. The average molecular weight is 651 g/mol. The van der Waals surface area contributed by atoms with Crippen molar-refractivity contribution in [1.82, 2.24) is 0 Å². The van der Waals surface area contributed by atoms with E-state index < -0.39 is 0 Å². The van der Waals surface area contributed by atoms with E-state index in [0.29, 0.717) is 16.7 Å². The minimum atomic E-state index is 0. The van der Waals surface area contributed by atoms with E-state index in [0.717, 1.165) is 0 Å². The fourth-order valence-electron chi connectivity index (χ4n) is 2.67. The molecule has 0 unspecified atom stereocenters. The Hall–Kier alpha value is -3.40. The van der Waals surface area contributed by atoms with Gasteiger partial charge in [0.2, 0.25) is 0 Å². The zero-order valence-electron chi connectivity index (χ0n) is 21.5. The number of benzene rings is 3. The van der Waals surface area contributed by atoms with E-state index in [1.807, 2.05) is 54.6 Å². The summed E-state index contributed by atoms with van der Waals surface area (Å²) in [7, 11) is 0. The molecule has 0 spiro atoms. The summed E-state index contributed by atoms with van der Waals surface area (Å²) in [6.07, 6.45) is 3.94. The summed E-state index contributed by atoms with van der Waals surface area (Å²) in [6, 6.07) is 27.2. The van der Waals surface area contributed by atoms with Crippen LogP contribution in [-0.2, 0) is 0 Å². The third-order valence-electron chi connectivity index (χ3n) is 4.25. The van der Waals surface area contributed by atoms with Gasteiger partial charge in [0.15, 0.2) is 0 Å². The van der Waals surface area contributed by atoms with E-state index >= 15 is 0 Å². The molecule has 7 N–H and O–H groups in total. The molecule has 38 heavy (non-hydrogen) atoms. The van der Waals surface area contributed by atoms with Gasteiger partial charge in [-0.3, -0.25) is 14.4 Å². The van der Waals surface area contributed by atoms with Gasteiger partial charge in [0.1, 0.15) is 0 Å². The number of ketones is 3. The van der Waals surface area contributed by atoms with Crippen LogP contribution in [0, 0.1) is 40.8 Å². The molecule has 195 valence electrons. The van der Waals surface area contributed by atoms with E-state index in [2.05, 4.69) is 0 Å². The molecule has 0 aliphatic heterocycles. The normalized spacial score (nSPS) is 10.7. The minimum absolute atomic E-state index is 0. The predicted molar refractivity (Wildman–Crippen MR) is 149 cm³/mol. The van der Waals surface area contributed by atoms with Crippen molar-refractivity contribution in [3.63, 3.8) is 0 Å². The third kappa shape index (κ3) is 16.4. The van der Waals surface area contributed by atoms with Gasteiger partial charge in [-0.2, -0.15) is 0 Å². The second kappa shape index (κ2) is 20.6. The maximum Gasteiger partial charge on any atom is 3.00 e. The molecule has 0 saturated heterocycles. The molecule has 0 amide bonds. The van der Waals surface area contributed by atoms with Crippen LogP contribution >= 0.6 is 0 Å². The number of allylic oxidation sites excluding steroid dienone is 6. The molecule has 0 aliphatic rings. The van der Waals surface area contributed by atoms with Crippen LogP contribution < -0.4 is 0 Å². The van der Waals surface area contributed by atoms with Gasteiger partial charge < -0.3 is 20.8 Å². The van der Waals surface area contributed by atoms with Crippen molar-refractivity contribution in [2.45, 2.75) is 20.8 Å². The molecule has 7 nitrogen and oxygen atoms in total. The van der Waals surface area contributed by atoms with Crippen LogP contribution in [0.2, 0.25) is 0 Å². The molecular formula is C30H34NdO7+5. The fraction of sp³-hybridized carbons (Fsp3) is 0.100. The smallest absolute Gasteiger partial charge is 0.870 e. The molecule has 0 saturated carbocycles. The Morgan fingerprint density at radius 2 is 0.658 bits per heavy atom. The first-order chi connectivity index (χ1) is 17.1. The van der Waals surface area contributed by atoms with Gasteiger partial charge in [-0.05, 0) is 57.2 Å². The maximum absolute atomic E-state index is 9.37. The van der Waals surface area contributed by atoms with Gasteiger partial charge in [0, 0.05) is 0 Å².